The molecule has 0 aliphatic heterocycles. The zero-order valence-corrected chi connectivity index (χ0v) is 34.5. The summed E-state index contributed by atoms with van der Waals surface area (Å²) in [6.45, 7) is 9.35. The lowest BCUT2D eigenvalue weighted by atomic mass is 10.0. The standard InChI is InChI=1S/C40H42ClF3N10O6/c1-39(2,3)59-34(55)23-10-8-9-22(13-23)17-54-32(46-21-47-54)20-53-36(56)49-35(52(38(53)58)18-24-14-29(43)30(44)16-28(24)42)48-33-25(11-12-45-37(57)60-40(4,5)6)26-19-51(7)50-31(26)15-27(33)41/h8-10,13-16,19,21H,11-12,17-18,20H2,1-7H3,(H,45,57)(H,48,49,56). The number of rotatable bonds is 12. The first-order valence-corrected chi connectivity index (χ1v) is 19.0. The summed E-state index contributed by atoms with van der Waals surface area (Å²) in [5.41, 5.74) is -1.92. The number of carbonyl (C=O) groups excluding carboxylic acids is 2. The second-order valence-corrected chi connectivity index (χ2v) is 16.2. The zero-order valence-electron chi connectivity index (χ0n) is 33.8. The highest BCUT2D eigenvalue weighted by molar-refractivity contribution is 6.34. The minimum Gasteiger partial charge on any atom is -0.456 e. The lowest BCUT2D eigenvalue weighted by Crippen LogP contribution is -2.43. The van der Waals surface area contributed by atoms with Crippen LogP contribution in [0.25, 0.3) is 10.9 Å². The van der Waals surface area contributed by atoms with Crippen LogP contribution in [0.15, 0.2) is 64.6 Å². The van der Waals surface area contributed by atoms with Crippen LogP contribution in [-0.2, 0) is 42.6 Å². The van der Waals surface area contributed by atoms with Gasteiger partial charge in [0.05, 0.1) is 41.4 Å². The van der Waals surface area contributed by atoms with Crippen molar-refractivity contribution in [3.8, 4) is 0 Å². The van der Waals surface area contributed by atoms with Gasteiger partial charge < -0.3 is 20.1 Å². The molecule has 3 aromatic heterocycles. The van der Waals surface area contributed by atoms with Crippen molar-refractivity contribution in [2.45, 2.75) is 78.8 Å². The summed E-state index contributed by atoms with van der Waals surface area (Å²) in [7, 11) is 1.70. The summed E-state index contributed by atoms with van der Waals surface area (Å²) in [4.78, 5) is 61.8. The number of hydrogen-bond acceptors (Lipinski definition) is 11. The van der Waals surface area contributed by atoms with Crippen LogP contribution in [0, 0.1) is 17.5 Å². The van der Waals surface area contributed by atoms with Crippen molar-refractivity contribution in [1.29, 1.82) is 0 Å². The van der Waals surface area contributed by atoms with Gasteiger partial charge in [-0.1, -0.05) is 23.7 Å². The quantitative estimate of drug-likeness (QED) is 0.111. The molecule has 0 atom stereocenters. The molecule has 0 aliphatic rings. The molecule has 20 heteroatoms. The maximum Gasteiger partial charge on any atom is 0.407 e. The fraction of sp³-hybridized carbons (Fsp3) is 0.350. The van der Waals surface area contributed by atoms with E-state index in [9.17, 15) is 28.0 Å². The lowest BCUT2D eigenvalue weighted by Gasteiger charge is -2.21. The average molecular weight is 851 g/mol. The van der Waals surface area contributed by atoms with Gasteiger partial charge in [0.2, 0.25) is 5.95 Å². The van der Waals surface area contributed by atoms with E-state index in [2.05, 4.69) is 30.8 Å². The van der Waals surface area contributed by atoms with Gasteiger partial charge in [0.25, 0.3) is 0 Å². The monoisotopic (exact) mass is 850 g/mol. The van der Waals surface area contributed by atoms with Crippen LogP contribution in [0.2, 0.25) is 5.02 Å². The van der Waals surface area contributed by atoms with Crippen LogP contribution < -0.4 is 22.0 Å². The molecule has 0 unspecified atom stereocenters. The molecular formula is C40H42ClF3N10O6. The molecule has 1 amide bonds. The Morgan fingerprint density at radius 3 is 2.32 bits per heavy atom. The van der Waals surface area contributed by atoms with Crippen molar-refractivity contribution in [3.05, 3.63) is 127 Å². The smallest absolute Gasteiger partial charge is 0.407 e. The van der Waals surface area contributed by atoms with E-state index in [1.807, 2.05) is 0 Å². The SMILES string of the molecule is Cn1cc2c(CCNC(=O)OC(C)(C)C)c(Nc3nc(=O)n(Cc4ncnn4Cc4cccc(C(=O)OC(C)(C)C)c4)c(=O)n3Cc3cc(F)c(F)cc3F)c(Cl)cc2n1. The molecule has 2 N–H and O–H groups in total. The van der Waals surface area contributed by atoms with Crippen LogP contribution in [0.1, 0.15) is 74.4 Å². The highest BCUT2D eigenvalue weighted by Gasteiger charge is 2.24. The predicted molar refractivity (Wildman–Crippen MR) is 215 cm³/mol. The van der Waals surface area contributed by atoms with Gasteiger partial charge in [0.1, 0.15) is 29.2 Å². The molecule has 6 rings (SSSR count). The number of aryl methyl sites for hydroxylation is 1. The molecular weight excluding hydrogens is 809 g/mol. The Kier molecular flexibility index (Phi) is 12.2. The summed E-state index contributed by atoms with van der Waals surface area (Å²) in [6.07, 6.45) is 2.39. The number of carbonyl (C=O) groups is 2. The van der Waals surface area contributed by atoms with Crippen LogP contribution in [-0.4, -0.2) is 68.5 Å². The number of alkyl carbamates (subject to hydrolysis) is 1. The van der Waals surface area contributed by atoms with Gasteiger partial charge in [-0.2, -0.15) is 15.2 Å². The molecule has 0 fully saturated rings. The summed E-state index contributed by atoms with van der Waals surface area (Å²) in [5, 5.41) is 15.0. The second kappa shape index (κ2) is 17.0. The zero-order chi connectivity index (χ0) is 43.7. The molecule has 3 heterocycles. The van der Waals surface area contributed by atoms with Gasteiger partial charge in [-0.15, -0.1) is 0 Å². The van der Waals surface area contributed by atoms with E-state index >= 15 is 4.39 Å². The molecule has 0 radical (unpaired) electrons. The third kappa shape index (κ3) is 10.2. The first kappa shape index (κ1) is 43.1. The molecule has 0 spiro atoms. The fourth-order valence-electron chi connectivity index (χ4n) is 6.17. The van der Waals surface area contributed by atoms with Crippen LogP contribution in [0.4, 0.5) is 29.6 Å². The minimum atomic E-state index is -1.44. The Hall–Kier alpha value is -6.50. The van der Waals surface area contributed by atoms with Crippen molar-refractivity contribution in [2.24, 2.45) is 7.05 Å². The summed E-state index contributed by atoms with van der Waals surface area (Å²) in [5.74, 6) is -4.79. The third-order valence-corrected chi connectivity index (χ3v) is 9.02. The van der Waals surface area contributed by atoms with Gasteiger partial charge in [0, 0.05) is 36.8 Å². The number of fused-ring (bicyclic) bond motifs is 1. The molecule has 0 saturated heterocycles. The number of ether oxygens (including phenoxy) is 2. The molecule has 316 valence electrons. The molecule has 3 aromatic carbocycles. The van der Waals surface area contributed by atoms with Crippen molar-refractivity contribution in [3.63, 3.8) is 0 Å². The number of benzene rings is 3. The number of amides is 1. The van der Waals surface area contributed by atoms with Crippen LogP contribution >= 0.6 is 11.6 Å². The first-order valence-electron chi connectivity index (χ1n) is 18.6. The Balaban J connectivity index is 1.39. The van der Waals surface area contributed by atoms with Gasteiger partial charge in [-0.3, -0.25) is 9.25 Å². The maximum atomic E-state index is 15.2. The van der Waals surface area contributed by atoms with Crippen molar-refractivity contribution < 1.29 is 32.2 Å². The predicted octanol–water partition coefficient (Wildman–Crippen LogP) is 5.86. The highest BCUT2D eigenvalue weighted by Crippen LogP contribution is 2.35. The van der Waals surface area contributed by atoms with Crippen LogP contribution in [0.3, 0.4) is 0 Å². The highest BCUT2D eigenvalue weighted by atomic mass is 35.5. The molecule has 16 nitrogen and oxygen atoms in total. The summed E-state index contributed by atoms with van der Waals surface area (Å²) in [6, 6.07) is 9.11. The van der Waals surface area contributed by atoms with Gasteiger partial charge in [-0.25, -0.2) is 46.6 Å². The van der Waals surface area contributed by atoms with E-state index in [4.69, 9.17) is 21.1 Å². The molecule has 0 aliphatic carbocycles. The molecule has 0 saturated carbocycles. The summed E-state index contributed by atoms with van der Waals surface area (Å²) >= 11 is 6.80. The van der Waals surface area contributed by atoms with Crippen molar-refractivity contribution in [1.82, 2.24) is 44.0 Å². The minimum absolute atomic E-state index is 0.0573. The van der Waals surface area contributed by atoms with Gasteiger partial charge in [-0.05, 0) is 83.4 Å². The van der Waals surface area contributed by atoms with E-state index in [-0.39, 0.29) is 36.0 Å². The van der Waals surface area contributed by atoms with Crippen LogP contribution in [0.5, 0.6) is 0 Å². The Morgan fingerprint density at radius 1 is 0.883 bits per heavy atom. The molecule has 6 aromatic rings. The lowest BCUT2D eigenvalue weighted by molar-refractivity contribution is 0.00689. The molecule has 0 bridgehead atoms. The van der Waals surface area contributed by atoms with E-state index < -0.39 is 76.7 Å². The van der Waals surface area contributed by atoms with Gasteiger partial charge in [0.15, 0.2) is 11.6 Å². The Morgan fingerprint density at radius 2 is 1.60 bits per heavy atom. The number of hydrogen-bond donors (Lipinski definition) is 2. The van der Waals surface area contributed by atoms with E-state index in [0.29, 0.717) is 39.7 Å². The van der Waals surface area contributed by atoms with Crippen molar-refractivity contribution in [2.75, 3.05) is 11.9 Å². The maximum absolute atomic E-state index is 15.2. The Bertz CT molecular complexity index is 2730. The topological polar surface area (TPSA) is 182 Å². The largest absolute Gasteiger partial charge is 0.456 e. The normalized spacial score (nSPS) is 11.8. The van der Waals surface area contributed by atoms with E-state index in [1.165, 1.54) is 11.0 Å². The molecule has 60 heavy (non-hydrogen) atoms. The average Bonchev–Trinajstić information content (AvgIpc) is 3.74. The number of esters is 1. The fourth-order valence-corrected chi connectivity index (χ4v) is 6.44. The second-order valence-electron chi connectivity index (χ2n) is 15.8. The third-order valence-electron chi connectivity index (χ3n) is 8.72. The summed E-state index contributed by atoms with van der Waals surface area (Å²) < 4.78 is 59.0. The van der Waals surface area contributed by atoms with E-state index in [0.717, 1.165) is 9.13 Å². The number of nitrogens with one attached hydrogen (secondary N) is 2. The first-order chi connectivity index (χ1) is 28.2. The van der Waals surface area contributed by atoms with E-state index in [1.54, 1.807) is 89.8 Å². The number of halogens is 4. The number of anilines is 2. The Labute approximate surface area is 345 Å². The van der Waals surface area contributed by atoms with Crippen molar-refractivity contribution >= 4 is 46.2 Å². The number of nitrogens with zero attached hydrogens (tertiary/aromatic N) is 8. The number of aromatic nitrogens is 8. The van der Waals surface area contributed by atoms with Gasteiger partial charge >= 0.3 is 23.4 Å².